The highest BCUT2D eigenvalue weighted by atomic mass is 32.2. The molecular formula is C15H19NO4S. The first kappa shape index (κ1) is 17.3. The zero-order valence-corrected chi connectivity index (χ0v) is 12.8. The van der Waals surface area contributed by atoms with Gasteiger partial charge in [0.2, 0.25) is 0 Å². The standard InChI is InChI=1S/C8H11NO.C7H8O3S/c1-2-8(10)7-4-3-5-9-6-7;1-6-2-4-7(5-3-6)11(8,9)10/h3-6,8,10H,2H2,1H3;2-5H,1H3,(H,8,9,10). The molecule has 0 fully saturated rings. The van der Waals surface area contributed by atoms with E-state index in [1.807, 2.05) is 26.0 Å². The van der Waals surface area contributed by atoms with Gasteiger partial charge in [-0.05, 0) is 37.1 Å². The van der Waals surface area contributed by atoms with E-state index in [4.69, 9.17) is 4.55 Å². The molecule has 2 aromatic rings. The third-order valence-corrected chi connectivity index (χ3v) is 3.64. The summed E-state index contributed by atoms with van der Waals surface area (Å²) in [5.41, 5.74) is 1.85. The fourth-order valence-electron chi connectivity index (χ4n) is 1.52. The monoisotopic (exact) mass is 309 g/mol. The van der Waals surface area contributed by atoms with Gasteiger partial charge in [0.15, 0.2) is 0 Å². The average Bonchev–Trinajstić information content (AvgIpc) is 2.47. The number of aliphatic hydroxyl groups excluding tert-OH is 1. The van der Waals surface area contributed by atoms with Crippen molar-refractivity contribution >= 4 is 10.1 Å². The van der Waals surface area contributed by atoms with Crippen molar-refractivity contribution in [2.24, 2.45) is 0 Å². The number of pyridine rings is 1. The van der Waals surface area contributed by atoms with Gasteiger partial charge in [0, 0.05) is 12.4 Å². The van der Waals surface area contributed by atoms with Gasteiger partial charge in [0.1, 0.15) is 0 Å². The number of hydrogen-bond acceptors (Lipinski definition) is 4. The second kappa shape index (κ2) is 7.87. The first-order valence-electron chi connectivity index (χ1n) is 6.46. The molecule has 0 radical (unpaired) electrons. The molecule has 1 unspecified atom stereocenters. The predicted molar refractivity (Wildman–Crippen MR) is 80.5 cm³/mol. The maximum Gasteiger partial charge on any atom is 0.294 e. The number of benzene rings is 1. The Balaban J connectivity index is 0.000000211. The van der Waals surface area contributed by atoms with Crippen molar-refractivity contribution in [1.29, 1.82) is 0 Å². The molecule has 6 heteroatoms. The Labute approximate surface area is 125 Å². The van der Waals surface area contributed by atoms with E-state index in [-0.39, 0.29) is 11.0 Å². The van der Waals surface area contributed by atoms with Gasteiger partial charge in [-0.15, -0.1) is 0 Å². The van der Waals surface area contributed by atoms with Crippen LogP contribution in [0.5, 0.6) is 0 Å². The van der Waals surface area contributed by atoms with Crippen LogP contribution >= 0.6 is 0 Å². The molecule has 21 heavy (non-hydrogen) atoms. The molecule has 0 amide bonds. The van der Waals surface area contributed by atoms with Gasteiger partial charge in [-0.3, -0.25) is 9.54 Å². The van der Waals surface area contributed by atoms with Gasteiger partial charge < -0.3 is 5.11 Å². The molecule has 1 aromatic carbocycles. The second-order valence-electron chi connectivity index (χ2n) is 4.50. The Bertz CT molecular complexity index is 639. The number of nitrogens with zero attached hydrogens (tertiary/aromatic N) is 1. The van der Waals surface area contributed by atoms with Crippen LogP contribution in [0.3, 0.4) is 0 Å². The zero-order valence-electron chi connectivity index (χ0n) is 12.0. The van der Waals surface area contributed by atoms with Crippen LogP contribution in [0.15, 0.2) is 53.7 Å². The van der Waals surface area contributed by atoms with Crippen LogP contribution < -0.4 is 0 Å². The molecule has 0 bridgehead atoms. The van der Waals surface area contributed by atoms with Gasteiger partial charge in [-0.1, -0.05) is 30.7 Å². The molecule has 0 saturated heterocycles. The highest BCUT2D eigenvalue weighted by Crippen LogP contribution is 2.13. The van der Waals surface area contributed by atoms with Gasteiger partial charge in [0.05, 0.1) is 11.0 Å². The van der Waals surface area contributed by atoms with E-state index in [2.05, 4.69) is 4.98 Å². The van der Waals surface area contributed by atoms with Crippen molar-refractivity contribution in [3.63, 3.8) is 0 Å². The average molecular weight is 309 g/mol. The second-order valence-corrected chi connectivity index (χ2v) is 5.92. The quantitative estimate of drug-likeness (QED) is 0.851. The fraction of sp³-hybridized carbons (Fsp3) is 0.267. The van der Waals surface area contributed by atoms with Crippen molar-refractivity contribution < 1.29 is 18.1 Å². The van der Waals surface area contributed by atoms with Crippen molar-refractivity contribution in [3.05, 3.63) is 59.9 Å². The molecule has 0 aliphatic heterocycles. The maximum atomic E-state index is 10.5. The number of hydrogen-bond donors (Lipinski definition) is 2. The molecule has 5 nitrogen and oxygen atoms in total. The Morgan fingerprint density at radius 1 is 1.19 bits per heavy atom. The Morgan fingerprint density at radius 3 is 2.24 bits per heavy atom. The minimum absolute atomic E-state index is 0.0666. The van der Waals surface area contributed by atoms with Crippen molar-refractivity contribution in [1.82, 2.24) is 4.98 Å². The van der Waals surface area contributed by atoms with E-state index in [1.165, 1.54) is 12.1 Å². The van der Waals surface area contributed by atoms with Crippen LogP contribution in [0.4, 0.5) is 0 Å². The number of aryl methyl sites for hydroxylation is 1. The van der Waals surface area contributed by atoms with Gasteiger partial charge in [0.25, 0.3) is 10.1 Å². The van der Waals surface area contributed by atoms with Crippen LogP contribution in [0.1, 0.15) is 30.6 Å². The molecule has 1 heterocycles. The van der Waals surface area contributed by atoms with Crippen LogP contribution in [0, 0.1) is 6.92 Å². The van der Waals surface area contributed by atoms with Gasteiger partial charge >= 0.3 is 0 Å². The SMILES string of the molecule is CCC(O)c1cccnc1.Cc1ccc(S(=O)(=O)O)cc1. The number of rotatable bonds is 3. The van der Waals surface area contributed by atoms with Crippen LogP contribution in [0.2, 0.25) is 0 Å². The molecular weight excluding hydrogens is 290 g/mol. The zero-order chi connectivity index (χ0) is 15.9. The van der Waals surface area contributed by atoms with E-state index in [1.54, 1.807) is 24.5 Å². The van der Waals surface area contributed by atoms with E-state index in [0.29, 0.717) is 0 Å². The van der Waals surface area contributed by atoms with Gasteiger partial charge in [-0.2, -0.15) is 8.42 Å². The third kappa shape index (κ3) is 6.03. The summed E-state index contributed by atoms with van der Waals surface area (Å²) >= 11 is 0. The lowest BCUT2D eigenvalue weighted by molar-refractivity contribution is 0.173. The molecule has 0 aliphatic carbocycles. The number of aliphatic hydroxyl groups is 1. The Kier molecular flexibility index (Phi) is 6.48. The Hall–Kier alpha value is -1.76. The topological polar surface area (TPSA) is 87.5 Å². The van der Waals surface area contributed by atoms with E-state index in [9.17, 15) is 13.5 Å². The minimum atomic E-state index is -4.02. The fourth-order valence-corrected chi connectivity index (χ4v) is 2.00. The van der Waals surface area contributed by atoms with Crippen LogP contribution in [-0.4, -0.2) is 23.1 Å². The molecule has 0 saturated carbocycles. The molecule has 1 aromatic heterocycles. The summed E-state index contributed by atoms with van der Waals surface area (Å²) in [7, 11) is -4.02. The molecule has 114 valence electrons. The molecule has 0 spiro atoms. The summed E-state index contributed by atoms with van der Waals surface area (Å²) in [4.78, 5) is 3.83. The summed E-state index contributed by atoms with van der Waals surface area (Å²) in [6.45, 7) is 3.78. The molecule has 1 atom stereocenters. The first-order valence-corrected chi connectivity index (χ1v) is 7.90. The van der Waals surface area contributed by atoms with E-state index >= 15 is 0 Å². The van der Waals surface area contributed by atoms with E-state index < -0.39 is 10.1 Å². The third-order valence-electron chi connectivity index (χ3n) is 2.77. The first-order chi connectivity index (χ1) is 9.84. The summed E-state index contributed by atoms with van der Waals surface area (Å²) in [5.74, 6) is 0. The summed E-state index contributed by atoms with van der Waals surface area (Å²) < 4.78 is 29.6. The molecule has 2 rings (SSSR count). The molecule has 2 N–H and O–H groups in total. The smallest absolute Gasteiger partial charge is 0.294 e. The van der Waals surface area contributed by atoms with Crippen molar-refractivity contribution in [3.8, 4) is 0 Å². The minimum Gasteiger partial charge on any atom is -0.388 e. The van der Waals surface area contributed by atoms with Crippen LogP contribution in [0.25, 0.3) is 0 Å². The summed E-state index contributed by atoms with van der Waals surface area (Å²) in [6, 6.07) is 9.69. The normalized spacial score (nSPS) is 12.2. The number of aromatic nitrogens is 1. The summed E-state index contributed by atoms with van der Waals surface area (Å²) in [5, 5.41) is 9.29. The highest BCUT2D eigenvalue weighted by molar-refractivity contribution is 7.85. The largest absolute Gasteiger partial charge is 0.388 e. The lowest BCUT2D eigenvalue weighted by Crippen LogP contribution is -1.96. The van der Waals surface area contributed by atoms with Crippen molar-refractivity contribution in [2.75, 3.05) is 0 Å². The lowest BCUT2D eigenvalue weighted by Gasteiger charge is -2.05. The van der Waals surface area contributed by atoms with Gasteiger partial charge in [-0.25, -0.2) is 0 Å². The maximum absolute atomic E-state index is 10.5. The van der Waals surface area contributed by atoms with E-state index in [0.717, 1.165) is 17.5 Å². The van der Waals surface area contributed by atoms with Crippen LogP contribution in [-0.2, 0) is 10.1 Å². The highest BCUT2D eigenvalue weighted by Gasteiger charge is 2.06. The summed E-state index contributed by atoms with van der Waals surface area (Å²) in [6.07, 6.45) is 3.78. The van der Waals surface area contributed by atoms with Crippen molar-refractivity contribution in [2.45, 2.75) is 31.3 Å². The predicted octanol–water partition coefficient (Wildman–Crippen LogP) is 2.77. The molecule has 0 aliphatic rings. The lowest BCUT2D eigenvalue weighted by atomic mass is 10.1. The Morgan fingerprint density at radius 2 is 1.81 bits per heavy atom.